The number of pyridine rings is 2. The van der Waals surface area contributed by atoms with Crippen LogP contribution in [0.5, 0.6) is 0 Å². The summed E-state index contributed by atoms with van der Waals surface area (Å²) in [6, 6.07) is 37.4. The fourth-order valence-corrected chi connectivity index (χ4v) is 7.39. The molecule has 170 valence electrons. The molecule has 0 amide bonds. The van der Waals surface area contributed by atoms with E-state index in [0.717, 1.165) is 33.1 Å². The van der Waals surface area contributed by atoms with Crippen LogP contribution >= 0.6 is 11.3 Å². The zero-order chi connectivity index (χ0) is 24.1. The van der Waals surface area contributed by atoms with E-state index in [0.29, 0.717) is 0 Å². The standard InChI is InChI=1S/C34H18N2S/c1-2-7-23-22(6-1)25-8-3-9-26-31(25)27(23)18-28-24-14-12-21(17-30(24)37-34(26)28)29-15-13-20-11-10-19-5-4-16-35-32(19)33(20)36-29/h1-18H. The predicted molar refractivity (Wildman–Crippen MR) is 157 cm³/mol. The van der Waals surface area contributed by atoms with Gasteiger partial charge in [0, 0.05) is 48.1 Å². The predicted octanol–water partition coefficient (Wildman–Crippen LogP) is 9.62. The molecule has 0 unspecified atom stereocenters. The second-order valence-corrected chi connectivity index (χ2v) is 10.8. The first-order chi connectivity index (χ1) is 18.3. The molecule has 1 aliphatic rings. The average molecular weight is 487 g/mol. The number of hydrogen-bond donors (Lipinski definition) is 0. The summed E-state index contributed by atoms with van der Waals surface area (Å²) in [6.45, 7) is 0. The highest BCUT2D eigenvalue weighted by atomic mass is 32.1. The Morgan fingerprint density at radius 3 is 2.27 bits per heavy atom. The summed E-state index contributed by atoms with van der Waals surface area (Å²) >= 11 is 1.89. The third kappa shape index (κ3) is 2.59. The Bertz CT molecular complexity index is 2260. The van der Waals surface area contributed by atoms with Gasteiger partial charge in [0.2, 0.25) is 0 Å². The monoisotopic (exact) mass is 486 g/mol. The van der Waals surface area contributed by atoms with E-state index < -0.39 is 0 Å². The van der Waals surface area contributed by atoms with Crippen LogP contribution < -0.4 is 0 Å². The Labute approximate surface area is 216 Å². The fraction of sp³-hybridized carbons (Fsp3) is 0. The molecule has 2 nitrogen and oxygen atoms in total. The van der Waals surface area contributed by atoms with E-state index in [2.05, 4.69) is 102 Å². The molecular weight excluding hydrogens is 468 g/mol. The molecule has 0 N–H and O–H groups in total. The molecule has 0 fully saturated rings. The van der Waals surface area contributed by atoms with Gasteiger partial charge in [0.25, 0.3) is 0 Å². The summed E-state index contributed by atoms with van der Waals surface area (Å²) in [5, 5.41) is 7.62. The highest BCUT2D eigenvalue weighted by molar-refractivity contribution is 7.26. The van der Waals surface area contributed by atoms with Crippen molar-refractivity contribution in [2.45, 2.75) is 0 Å². The summed E-state index contributed by atoms with van der Waals surface area (Å²) < 4.78 is 2.66. The first-order valence-electron chi connectivity index (χ1n) is 12.5. The molecule has 0 radical (unpaired) electrons. The van der Waals surface area contributed by atoms with Crippen molar-refractivity contribution in [1.29, 1.82) is 0 Å². The van der Waals surface area contributed by atoms with Gasteiger partial charge in [0.1, 0.15) is 0 Å². The molecular formula is C34H18N2S. The molecule has 3 heterocycles. The maximum Gasteiger partial charge on any atom is 0.0972 e. The number of hydrogen-bond acceptors (Lipinski definition) is 3. The van der Waals surface area contributed by atoms with Crippen LogP contribution in [0.1, 0.15) is 0 Å². The highest BCUT2D eigenvalue weighted by Gasteiger charge is 2.23. The molecule has 8 aromatic rings. The smallest absolute Gasteiger partial charge is 0.0972 e. The Balaban J connectivity index is 1.29. The van der Waals surface area contributed by atoms with Gasteiger partial charge in [-0.3, -0.25) is 4.98 Å². The van der Waals surface area contributed by atoms with Crippen LogP contribution in [0.25, 0.3) is 86.3 Å². The normalized spacial score (nSPS) is 12.3. The molecule has 0 saturated carbocycles. The number of nitrogens with zero attached hydrogens (tertiary/aromatic N) is 2. The van der Waals surface area contributed by atoms with Crippen LogP contribution in [-0.4, -0.2) is 9.97 Å². The van der Waals surface area contributed by atoms with Crippen LogP contribution in [0.2, 0.25) is 0 Å². The highest BCUT2D eigenvalue weighted by Crippen LogP contribution is 2.51. The van der Waals surface area contributed by atoms with Crippen molar-refractivity contribution in [1.82, 2.24) is 9.97 Å². The van der Waals surface area contributed by atoms with Crippen LogP contribution in [0.15, 0.2) is 109 Å². The van der Waals surface area contributed by atoms with Gasteiger partial charge >= 0.3 is 0 Å². The summed E-state index contributed by atoms with van der Waals surface area (Å²) in [7, 11) is 0. The number of thiophene rings is 1. The van der Waals surface area contributed by atoms with Crippen molar-refractivity contribution in [3.8, 4) is 33.5 Å². The Morgan fingerprint density at radius 1 is 0.541 bits per heavy atom. The van der Waals surface area contributed by atoms with Gasteiger partial charge in [-0.25, -0.2) is 4.98 Å². The van der Waals surface area contributed by atoms with Gasteiger partial charge in [0.15, 0.2) is 0 Å². The number of aromatic nitrogens is 2. The van der Waals surface area contributed by atoms with Gasteiger partial charge in [0.05, 0.1) is 16.7 Å². The van der Waals surface area contributed by atoms with Crippen molar-refractivity contribution in [3.63, 3.8) is 0 Å². The van der Waals surface area contributed by atoms with Crippen LogP contribution in [0.3, 0.4) is 0 Å². The molecule has 0 spiro atoms. The summed E-state index contributed by atoms with van der Waals surface area (Å²) in [6.07, 6.45) is 1.84. The Hall–Kier alpha value is -4.60. The first-order valence-corrected chi connectivity index (χ1v) is 13.3. The van der Waals surface area contributed by atoms with Crippen LogP contribution in [-0.2, 0) is 0 Å². The summed E-state index contributed by atoms with van der Waals surface area (Å²) in [5.74, 6) is 0. The van der Waals surface area contributed by atoms with Crippen molar-refractivity contribution in [2.24, 2.45) is 0 Å². The SMILES string of the molecule is c1ccc2c(c1)-c1cccc3c1c-2cc1c2ccc(-c4ccc5ccc6cccnc6c5n4)cc2sc31. The second-order valence-electron chi connectivity index (χ2n) is 9.80. The van der Waals surface area contributed by atoms with Crippen LogP contribution in [0.4, 0.5) is 0 Å². The van der Waals surface area contributed by atoms with Crippen molar-refractivity contribution >= 4 is 64.1 Å². The number of benzene rings is 5. The van der Waals surface area contributed by atoms with Crippen molar-refractivity contribution in [3.05, 3.63) is 109 Å². The maximum absolute atomic E-state index is 5.09. The van der Waals surface area contributed by atoms with E-state index in [4.69, 9.17) is 4.98 Å². The molecule has 3 aromatic heterocycles. The van der Waals surface area contributed by atoms with Crippen molar-refractivity contribution < 1.29 is 0 Å². The van der Waals surface area contributed by atoms with Crippen molar-refractivity contribution in [2.75, 3.05) is 0 Å². The minimum atomic E-state index is 0.953. The van der Waals surface area contributed by atoms with E-state index in [9.17, 15) is 0 Å². The number of rotatable bonds is 1. The first kappa shape index (κ1) is 19.6. The van der Waals surface area contributed by atoms with Gasteiger partial charge in [-0.15, -0.1) is 11.3 Å². The molecule has 1 aliphatic carbocycles. The van der Waals surface area contributed by atoms with E-state index in [1.54, 1.807) is 0 Å². The Kier molecular flexibility index (Phi) is 3.70. The largest absolute Gasteiger partial charge is 0.254 e. The number of fused-ring (bicyclic) bond motifs is 10. The van der Waals surface area contributed by atoms with Gasteiger partial charge in [-0.05, 0) is 51.9 Å². The topological polar surface area (TPSA) is 25.8 Å². The van der Waals surface area contributed by atoms with Gasteiger partial charge in [-0.1, -0.05) is 78.9 Å². The second kappa shape index (κ2) is 7.00. The molecule has 5 aromatic carbocycles. The van der Waals surface area contributed by atoms with E-state index >= 15 is 0 Å². The zero-order valence-corrected chi connectivity index (χ0v) is 20.5. The molecule has 0 atom stereocenters. The average Bonchev–Trinajstić information content (AvgIpc) is 3.49. The lowest BCUT2D eigenvalue weighted by atomic mass is 9.99. The fourth-order valence-electron chi connectivity index (χ4n) is 6.14. The zero-order valence-electron chi connectivity index (χ0n) is 19.7. The molecule has 37 heavy (non-hydrogen) atoms. The minimum absolute atomic E-state index is 0.953. The molecule has 9 rings (SSSR count). The van der Waals surface area contributed by atoms with Gasteiger partial charge < -0.3 is 0 Å². The molecule has 0 aliphatic heterocycles. The molecule has 0 bridgehead atoms. The third-order valence-electron chi connectivity index (χ3n) is 7.83. The summed E-state index contributed by atoms with van der Waals surface area (Å²) in [5.41, 5.74) is 9.41. The quantitative estimate of drug-likeness (QED) is 0.216. The third-order valence-corrected chi connectivity index (χ3v) is 9.03. The lowest BCUT2D eigenvalue weighted by Crippen LogP contribution is -1.88. The maximum atomic E-state index is 5.09. The lowest BCUT2D eigenvalue weighted by Gasteiger charge is -2.06. The van der Waals surface area contributed by atoms with Gasteiger partial charge in [-0.2, -0.15) is 0 Å². The van der Waals surface area contributed by atoms with Crippen LogP contribution in [0, 0.1) is 0 Å². The Morgan fingerprint density at radius 2 is 1.35 bits per heavy atom. The van der Waals surface area contributed by atoms with E-state index in [-0.39, 0.29) is 0 Å². The van der Waals surface area contributed by atoms with E-state index in [1.807, 2.05) is 23.6 Å². The summed E-state index contributed by atoms with van der Waals surface area (Å²) in [4.78, 5) is 9.71. The lowest BCUT2D eigenvalue weighted by molar-refractivity contribution is 1.37. The molecule has 0 saturated heterocycles. The molecule has 3 heteroatoms. The van der Waals surface area contributed by atoms with E-state index in [1.165, 1.54) is 53.2 Å². The minimum Gasteiger partial charge on any atom is -0.254 e.